The number of fused-ring (bicyclic) bond motifs is 1. The highest BCUT2D eigenvalue weighted by molar-refractivity contribution is 8.00. The van der Waals surface area contributed by atoms with E-state index in [2.05, 4.69) is 25.4 Å². The van der Waals surface area contributed by atoms with Crippen LogP contribution in [0.25, 0.3) is 11.4 Å². The Morgan fingerprint density at radius 2 is 1.69 bits per heavy atom. The van der Waals surface area contributed by atoms with Crippen LogP contribution < -0.4 is 10.6 Å². The van der Waals surface area contributed by atoms with Gasteiger partial charge in [0.2, 0.25) is 11.8 Å². The van der Waals surface area contributed by atoms with Crippen molar-refractivity contribution in [2.75, 3.05) is 22.1 Å². The first-order chi connectivity index (χ1) is 15.6. The number of hydrogen-bond acceptors (Lipinski definition) is 5. The summed E-state index contributed by atoms with van der Waals surface area (Å²) < 4.78 is 2.19. The van der Waals surface area contributed by atoms with Crippen LogP contribution in [0.3, 0.4) is 0 Å². The summed E-state index contributed by atoms with van der Waals surface area (Å²) in [5, 5.41) is 14.5. The topological polar surface area (TPSA) is 88.9 Å². The minimum atomic E-state index is -0.143. The highest BCUT2D eigenvalue weighted by Crippen LogP contribution is 2.25. The molecule has 2 heterocycles. The Morgan fingerprint density at radius 1 is 0.938 bits per heavy atom. The summed E-state index contributed by atoms with van der Waals surface area (Å²) in [7, 11) is 0. The van der Waals surface area contributed by atoms with E-state index in [0.717, 1.165) is 54.3 Å². The standard InChI is InChI=1S/C24H27N5O2S/c1-17-9-11-19(12-10-17)25-22(30)15-32-16-23(31)26-20-7-5-6-18(14-20)24-28-27-21-8-3-2-4-13-29(21)24/h5-7,9-12,14H,2-4,8,13,15-16H2,1H3,(H,25,30)(H,26,31). The van der Waals surface area contributed by atoms with Crippen molar-refractivity contribution >= 4 is 35.0 Å². The average molecular weight is 450 g/mol. The van der Waals surface area contributed by atoms with Gasteiger partial charge in [0.25, 0.3) is 0 Å². The van der Waals surface area contributed by atoms with Crippen LogP contribution in [0.2, 0.25) is 0 Å². The van der Waals surface area contributed by atoms with E-state index in [-0.39, 0.29) is 23.3 Å². The predicted octanol–water partition coefficient (Wildman–Crippen LogP) is 4.29. The van der Waals surface area contributed by atoms with Gasteiger partial charge in [-0.3, -0.25) is 9.59 Å². The third-order valence-electron chi connectivity index (χ3n) is 5.32. The Bertz CT molecular complexity index is 1090. The van der Waals surface area contributed by atoms with Crippen LogP contribution in [0.4, 0.5) is 11.4 Å². The monoisotopic (exact) mass is 449 g/mol. The average Bonchev–Trinajstić information content (AvgIpc) is 3.04. The Morgan fingerprint density at radius 3 is 2.47 bits per heavy atom. The van der Waals surface area contributed by atoms with Crippen molar-refractivity contribution in [3.63, 3.8) is 0 Å². The number of amides is 2. The molecule has 1 aromatic heterocycles. The lowest BCUT2D eigenvalue weighted by molar-refractivity contribution is -0.114. The molecular weight excluding hydrogens is 422 g/mol. The molecule has 0 saturated heterocycles. The summed E-state index contributed by atoms with van der Waals surface area (Å²) in [6, 6.07) is 15.3. The molecule has 2 N–H and O–H groups in total. The van der Waals surface area contributed by atoms with Gasteiger partial charge in [0.15, 0.2) is 5.82 Å². The van der Waals surface area contributed by atoms with Gasteiger partial charge in [-0.25, -0.2) is 0 Å². The minimum absolute atomic E-state index is 0.124. The maximum absolute atomic E-state index is 12.4. The molecular formula is C24H27N5O2S. The van der Waals surface area contributed by atoms with Crippen molar-refractivity contribution in [1.82, 2.24) is 14.8 Å². The fraction of sp³-hybridized carbons (Fsp3) is 0.333. The second kappa shape index (κ2) is 10.5. The summed E-state index contributed by atoms with van der Waals surface area (Å²) >= 11 is 1.28. The first-order valence-electron chi connectivity index (χ1n) is 10.8. The molecule has 166 valence electrons. The quantitative estimate of drug-likeness (QED) is 0.562. The zero-order chi connectivity index (χ0) is 22.3. The van der Waals surface area contributed by atoms with Gasteiger partial charge in [0.1, 0.15) is 5.82 Å². The molecule has 0 bridgehead atoms. The van der Waals surface area contributed by atoms with E-state index in [4.69, 9.17) is 0 Å². The number of carbonyl (C=O) groups is 2. The first-order valence-corrected chi connectivity index (χ1v) is 12.0. The van der Waals surface area contributed by atoms with Gasteiger partial charge in [-0.15, -0.1) is 22.0 Å². The summed E-state index contributed by atoms with van der Waals surface area (Å²) in [5.41, 5.74) is 3.54. The van der Waals surface area contributed by atoms with Gasteiger partial charge in [0, 0.05) is 29.9 Å². The third kappa shape index (κ3) is 5.76. The zero-order valence-electron chi connectivity index (χ0n) is 18.1. The van der Waals surface area contributed by atoms with E-state index in [0.29, 0.717) is 5.69 Å². The van der Waals surface area contributed by atoms with Crippen LogP contribution >= 0.6 is 11.8 Å². The normalized spacial score (nSPS) is 13.2. The van der Waals surface area contributed by atoms with Crippen LogP contribution in [0.1, 0.15) is 30.7 Å². The van der Waals surface area contributed by atoms with E-state index < -0.39 is 0 Å². The lowest BCUT2D eigenvalue weighted by atomic mass is 10.2. The maximum atomic E-state index is 12.4. The number of nitrogens with one attached hydrogen (secondary N) is 2. The Hall–Kier alpha value is -3.13. The molecule has 32 heavy (non-hydrogen) atoms. The molecule has 2 amide bonds. The van der Waals surface area contributed by atoms with Crippen molar-refractivity contribution < 1.29 is 9.59 Å². The van der Waals surface area contributed by atoms with Crippen molar-refractivity contribution in [1.29, 1.82) is 0 Å². The van der Waals surface area contributed by atoms with Crippen molar-refractivity contribution in [2.24, 2.45) is 0 Å². The summed E-state index contributed by atoms with van der Waals surface area (Å²) in [6.45, 7) is 2.92. The number of aromatic nitrogens is 3. The van der Waals surface area contributed by atoms with Crippen LogP contribution in [-0.4, -0.2) is 38.1 Å². The largest absolute Gasteiger partial charge is 0.325 e. The van der Waals surface area contributed by atoms with Gasteiger partial charge >= 0.3 is 0 Å². The molecule has 7 nitrogen and oxygen atoms in total. The van der Waals surface area contributed by atoms with Crippen LogP contribution in [0.15, 0.2) is 48.5 Å². The maximum Gasteiger partial charge on any atom is 0.234 e. The fourth-order valence-corrected chi connectivity index (χ4v) is 4.32. The number of nitrogens with zero attached hydrogens (tertiary/aromatic N) is 3. The van der Waals surface area contributed by atoms with Gasteiger partial charge in [-0.1, -0.05) is 36.2 Å². The molecule has 1 aliphatic heterocycles. The molecule has 0 radical (unpaired) electrons. The number of thioether (sulfide) groups is 1. The second-order valence-electron chi connectivity index (χ2n) is 7.94. The van der Waals surface area contributed by atoms with E-state index in [1.165, 1.54) is 18.2 Å². The molecule has 4 rings (SSSR count). The summed E-state index contributed by atoms with van der Waals surface area (Å²) in [5.74, 6) is 2.03. The lowest BCUT2D eigenvalue weighted by Gasteiger charge is -2.10. The van der Waals surface area contributed by atoms with Crippen molar-refractivity contribution in [3.8, 4) is 11.4 Å². The van der Waals surface area contributed by atoms with Crippen LogP contribution in [0.5, 0.6) is 0 Å². The van der Waals surface area contributed by atoms with Gasteiger partial charge in [0.05, 0.1) is 11.5 Å². The second-order valence-corrected chi connectivity index (χ2v) is 8.92. The molecule has 0 fully saturated rings. The Labute approximate surface area is 192 Å². The molecule has 3 aromatic rings. The van der Waals surface area contributed by atoms with E-state index in [9.17, 15) is 9.59 Å². The number of hydrogen-bond donors (Lipinski definition) is 2. The van der Waals surface area contributed by atoms with E-state index in [1.807, 2.05) is 55.5 Å². The van der Waals surface area contributed by atoms with Gasteiger partial charge in [-0.05, 0) is 44.0 Å². The predicted molar refractivity (Wildman–Crippen MR) is 129 cm³/mol. The molecule has 1 aliphatic rings. The smallest absolute Gasteiger partial charge is 0.234 e. The Balaban J connectivity index is 1.29. The lowest BCUT2D eigenvalue weighted by Crippen LogP contribution is -2.18. The number of anilines is 2. The fourth-order valence-electron chi connectivity index (χ4n) is 3.70. The molecule has 2 aromatic carbocycles. The van der Waals surface area contributed by atoms with E-state index in [1.54, 1.807) is 0 Å². The van der Waals surface area contributed by atoms with Gasteiger partial charge in [-0.2, -0.15) is 0 Å². The van der Waals surface area contributed by atoms with E-state index >= 15 is 0 Å². The Kier molecular flexibility index (Phi) is 7.21. The molecule has 0 aliphatic carbocycles. The number of aryl methyl sites for hydroxylation is 2. The molecule has 0 spiro atoms. The molecule has 0 unspecified atom stereocenters. The minimum Gasteiger partial charge on any atom is -0.325 e. The first kappa shape index (κ1) is 22.1. The molecule has 0 atom stereocenters. The SMILES string of the molecule is Cc1ccc(NC(=O)CSCC(=O)Nc2cccc(-c3nnc4n3CCCCC4)c2)cc1. The van der Waals surface area contributed by atoms with Crippen LogP contribution in [0, 0.1) is 6.92 Å². The number of benzene rings is 2. The number of carbonyl (C=O) groups excluding carboxylic acids is 2. The summed E-state index contributed by atoms with van der Waals surface area (Å²) in [6.07, 6.45) is 4.44. The molecule has 8 heteroatoms. The van der Waals surface area contributed by atoms with Crippen molar-refractivity contribution in [3.05, 3.63) is 59.9 Å². The molecule has 0 saturated carbocycles. The van der Waals surface area contributed by atoms with Gasteiger partial charge < -0.3 is 15.2 Å². The number of rotatable bonds is 7. The third-order valence-corrected chi connectivity index (χ3v) is 6.25. The van der Waals surface area contributed by atoms with Crippen molar-refractivity contribution in [2.45, 2.75) is 39.2 Å². The van der Waals surface area contributed by atoms with Crippen LogP contribution in [-0.2, 0) is 22.6 Å². The highest BCUT2D eigenvalue weighted by Gasteiger charge is 2.16. The highest BCUT2D eigenvalue weighted by atomic mass is 32.2. The summed E-state index contributed by atoms with van der Waals surface area (Å²) in [4.78, 5) is 24.4. The zero-order valence-corrected chi connectivity index (χ0v) is 19.0.